The Morgan fingerprint density at radius 1 is 1.30 bits per heavy atom. The Balaban J connectivity index is 1.55. The van der Waals surface area contributed by atoms with Gasteiger partial charge in [0.1, 0.15) is 12.2 Å². The van der Waals surface area contributed by atoms with Gasteiger partial charge in [-0.1, -0.05) is 0 Å². The van der Waals surface area contributed by atoms with Gasteiger partial charge in [-0.2, -0.15) is 23.4 Å². The van der Waals surface area contributed by atoms with Gasteiger partial charge in [-0.25, -0.2) is 4.68 Å². The average Bonchev–Trinajstić information content (AvgIpc) is 3.15. The molecular formula is C16H18F3N5O3. The number of halogens is 3. The summed E-state index contributed by atoms with van der Waals surface area (Å²) in [5.41, 5.74) is -0.214. The molecule has 3 rings (SSSR count). The Morgan fingerprint density at radius 3 is 2.67 bits per heavy atom. The highest BCUT2D eigenvalue weighted by atomic mass is 19.4. The van der Waals surface area contributed by atoms with Crippen molar-refractivity contribution in [3.63, 3.8) is 0 Å². The van der Waals surface area contributed by atoms with Crippen LogP contribution in [-0.2, 0) is 24.1 Å². The fourth-order valence-electron chi connectivity index (χ4n) is 2.76. The van der Waals surface area contributed by atoms with Crippen molar-refractivity contribution >= 4 is 11.9 Å². The number of rotatable bonds is 8. The monoisotopic (exact) mass is 385 g/mol. The Labute approximate surface area is 152 Å². The number of aryl methyl sites for hydroxylation is 1. The van der Waals surface area contributed by atoms with Gasteiger partial charge in [0.2, 0.25) is 0 Å². The molecule has 2 aromatic rings. The fourth-order valence-corrected chi connectivity index (χ4v) is 2.76. The Morgan fingerprint density at radius 2 is 2.04 bits per heavy atom. The summed E-state index contributed by atoms with van der Waals surface area (Å²) in [4.78, 5) is 22.8. The van der Waals surface area contributed by atoms with Crippen LogP contribution in [0.15, 0.2) is 18.3 Å². The lowest BCUT2D eigenvalue weighted by molar-refractivity contribution is -0.141. The first-order valence-corrected chi connectivity index (χ1v) is 8.42. The van der Waals surface area contributed by atoms with Crippen LogP contribution in [0.25, 0.3) is 0 Å². The smallest absolute Gasteiger partial charge is 0.435 e. The van der Waals surface area contributed by atoms with E-state index < -0.39 is 30.3 Å². The number of alkyl halides is 3. The molecule has 2 aromatic heterocycles. The minimum Gasteiger partial charge on any atom is -0.480 e. The van der Waals surface area contributed by atoms with Gasteiger partial charge in [0, 0.05) is 30.9 Å². The minimum atomic E-state index is -4.48. The molecule has 1 aliphatic carbocycles. The molecule has 8 nitrogen and oxygen atoms in total. The molecule has 0 saturated heterocycles. The Hall–Kier alpha value is -2.85. The number of carboxylic acid groups (broad SMARTS) is 1. The molecule has 1 saturated carbocycles. The lowest BCUT2D eigenvalue weighted by Crippen LogP contribution is -2.28. The predicted octanol–water partition coefficient (Wildman–Crippen LogP) is 1.88. The third kappa shape index (κ3) is 4.66. The summed E-state index contributed by atoms with van der Waals surface area (Å²) in [6, 6.07) is 2.49. The van der Waals surface area contributed by atoms with Crippen LogP contribution in [0.1, 0.15) is 47.1 Å². The first kappa shape index (κ1) is 18.9. The molecule has 0 unspecified atom stereocenters. The van der Waals surface area contributed by atoms with E-state index in [0.29, 0.717) is 12.1 Å². The molecule has 0 atom stereocenters. The zero-order chi connectivity index (χ0) is 19.6. The maximum Gasteiger partial charge on any atom is 0.435 e. The van der Waals surface area contributed by atoms with Crippen molar-refractivity contribution in [3.05, 3.63) is 35.4 Å². The van der Waals surface area contributed by atoms with E-state index in [2.05, 4.69) is 15.5 Å². The van der Waals surface area contributed by atoms with Crippen LogP contribution in [0.4, 0.5) is 13.2 Å². The maximum atomic E-state index is 12.9. The normalized spacial score (nSPS) is 14.3. The molecule has 1 amide bonds. The third-order valence-electron chi connectivity index (χ3n) is 4.16. The topological polar surface area (TPSA) is 102 Å². The summed E-state index contributed by atoms with van der Waals surface area (Å²) in [7, 11) is 0. The summed E-state index contributed by atoms with van der Waals surface area (Å²) in [6.45, 7) is 0.0208. The summed E-state index contributed by atoms with van der Waals surface area (Å²) in [5.74, 6) is -1.50. The van der Waals surface area contributed by atoms with Gasteiger partial charge in [0.15, 0.2) is 5.69 Å². The average molecular weight is 385 g/mol. The number of nitrogens with one attached hydrogen (secondary N) is 1. The van der Waals surface area contributed by atoms with Crippen molar-refractivity contribution < 1.29 is 27.9 Å². The highest BCUT2D eigenvalue weighted by Crippen LogP contribution is 2.42. The second-order valence-corrected chi connectivity index (χ2v) is 6.33. The molecule has 0 bridgehead atoms. The van der Waals surface area contributed by atoms with Crippen LogP contribution in [0.3, 0.4) is 0 Å². The van der Waals surface area contributed by atoms with E-state index in [1.165, 1.54) is 16.9 Å². The molecule has 1 fully saturated rings. The second kappa shape index (κ2) is 7.41. The van der Waals surface area contributed by atoms with Gasteiger partial charge in [0.25, 0.3) is 5.91 Å². The summed E-state index contributed by atoms with van der Waals surface area (Å²) in [6.07, 6.45) is -1.06. The zero-order valence-corrected chi connectivity index (χ0v) is 14.2. The summed E-state index contributed by atoms with van der Waals surface area (Å²) < 4.78 is 41.0. The second-order valence-electron chi connectivity index (χ2n) is 6.33. The number of amides is 1. The van der Waals surface area contributed by atoms with Crippen LogP contribution in [0.2, 0.25) is 0 Å². The molecule has 11 heteroatoms. The number of aliphatic carboxylic acids is 1. The standard InChI is InChI=1S/C16H18F3N5O3/c17-16(18,19)13-8-12(10-2-3-10)23(22-13)7-1-5-20-15(27)11-4-6-21-24(11)9-14(25)26/h4,6,8,10H,1-3,5,7,9H2,(H,20,27)(H,25,26). The quantitative estimate of drug-likeness (QED) is 0.676. The number of hydrogen-bond acceptors (Lipinski definition) is 4. The number of carboxylic acids is 1. The van der Waals surface area contributed by atoms with Gasteiger partial charge < -0.3 is 10.4 Å². The van der Waals surface area contributed by atoms with Crippen LogP contribution in [0, 0.1) is 0 Å². The van der Waals surface area contributed by atoms with E-state index in [1.54, 1.807) is 0 Å². The van der Waals surface area contributed by atoms with Gasteiger partial charge in [-0.05, 0) is 31.4 Å². The molecule has 146 valence electrons. The van der Waals surface area contributed by atoms with Crippen molar-refractivity contribution in [2.45, 2.75) is 44.4 Å². The van der Waals surface area contributed by atoms with E-state index in [4.69, 9.17) is 5.11 Å². The van der Waals surface area contributed by atoms with Crippen molar-refractivity contribution in [1.82, 2.24) is 24.9 Å². The summed E-state index contributed by atoms with van der Waals surface area (Å²) >= 11 is 0. The van der Waals surface area contributed by atoms with E-state index in [1.807, 2.05) is 0 Å². The molecule has 0 spiro atoms. The zero-order valence-electron chi connectivity index (χ0n) is 14.2. The van der Waals surface area contributed by atoms with E-state index >= 15 is 0 Å². The lowest BCUT2D eigenvalue weighted by Gasteiger charge is -2.09. The van der Waals surface area contributed by atoms with Gasteiger partial charge in [-0.3, -0.25) is 14.3 Å². The fraction of sp³-hybridized carbons (Fsp3) is 0.500. The van der Waals surface area contributed by atoms with E-state index in [0.717, 1.165) is 23.6 Å². The van der Waals surface area contributed by atoms with Gasteiger partial charge >= 0.3 is 12.1 Å². The number of nitrogens with zero attached hydrogens (tertiary/aromatic N) is 4. The first-order chi connectivity index (χ1) is 12.8. The van der Waals surface area contributed by atoms with Crippen LogP contribution < -0.4 is 5.32 Å². The van der Waals surface area contributed by atoms with Crippen molar-refractivity contribution in [2.24, 2.45) is 0 Å². The maximum absolute atomic E-state index is 12.9. The largest absolute Gasteiger partial charge is 0.480 e. The number of carbonyl (C=O) groups is 2. The SMILES string of the molecule is O=C(O)Cn1nccc1C(=O)NCCCn1nc(C(F)(F)F)cc1C1CC1. The number of aromatic nitrogens is 4. The van der Waals surface area contributed by atoms with E-state index in [-0.39, 0.29) is 24.7 Å². The molecule has 0 aromatic carbocycles. The van der Waals surface area contributed by atoms with Crippen molar-refractivity contribution in [1.29, 1.82) is 0 Å². The molecule has 0 aliphatic heterocycles. The molecule has 1 aliphatic rings. The molecular weight excluding hydrogens is 367 g/mol. The minimum absolute atomic E-state index is 0.106. The highest BCUT2D eigenvalue weighted by molar-refractivity contribution is 5.92. The summed E-state index contributed by atoms with van der Waals surface area (Å²) in [5, 5.41) is 18.8. The lowest BCUT2D eigenvalue weighted by atomic mass is 10.2. The van der Waals surface area contributed by atoms with Crippen LogP contribution in [0.5, 0.6) is 0 Å². The molecule has 0 radical (unpaired) electrons. The van der Waals surface area contributed by atoms with Crippen LogP contribution in [-0.4, -0.2) is 43.1 Å². The van der Waals surface area contributed by atoms with Gasteiger partial charge in [-0.15, -0.1) is 0 Å². The molecule has 2 heterocycles. The number of carbonyl (C=O) groups excluding carboxylic acids is 1. The Kier molecular flexibility index (Phi) is 5.19. The van der Waals surface area contributed by atoms with Crippen LogP contribution >= 0.6 is 0 Å². The molecule has 27 heavy (non-hydrogen) atoms. The number of hydrogen-bond donors (Lipinski definition) is 2. The highest BCUT2D eigenvalue weighted by Gasteiger charge is 2.37. The van der Waals surface area contributed by atoms with Crippen molar-refractivity contribution in [2.75, 3.05) is 6.54 Å². The molecule has 2 N–H and O–H groups in total. The third-order valence-corrected chi connectivity index (χ3v) is 4.16. The first-order valence-electron chi connectivity index (χ1n) is 8.42. The van der Waals surface area contributed by atoms with Crippen molar-refractivity contribution in [3.8, 4) is 0 Å². The van der Waals surface area contributed by atoms with E-state index in [9.17, 15) is 22.8 Å². The van der Waals surface area contributed by atoms with Gasteiger partial charge in [0.05, 0.1) is 0 Å². The predicted molar refractivity (Wildman–Crippen MR) is 86.0 cm³/mol. The Bertz CT molecular complexity index is 839.